The Balaban J connectivity index is 1.52. The molecule has 2 saturated heterocycles. The van der Waals surface area contributed by atoms with E-state index in [4.69, 9.17) is 5.73 Å². The van der Waals surface area contributed by atoms with Gasteiger partial charge in [0.05, 0.1) is 11.5 Å². The van der Waals surface area contributed by atoms with Gasteiger partial charge in [0.2, 0.25) is 11.9 Å². The van der Waals surface area contributed by atoms with E-state index in [1.54, 1.807) is 11.0 Å². The number of nitrogens with two attached hydrogens (primary N) is 1. The van der Waals surface area contributed by atoms with Gasteiger partial charge >= 0.3 is 0 Å². The first-order valence-corrected chi connectivity index (χ1v) is 9.50. The minimum absolute atomic E-state index is 0.0636. The van der Waals surface area contributed by atoms with Crippen LogP contribution in [0.15, 0.2) is 30.6 Å². The molecule has 2 aliphatic rings. The number of carbonyl (C=O) groups excluding carboxylic acids is 2. The van der Waals surface area contributed by atoms with Crippen LogP contribution in [0, 0.1) is 11.2 Å². The Bertz CT molecular complexity index is 942. The number of hydrogen-bond acceptors (Lipinski definition) is 6. The number of rotatable bonds is 2. The molecule has 4 rings (SSSR count). The molecule has 8 nitrogen and oxygen atoms in total. The third-order valence-electron chi connectivity index (χ3n) is 5.76. The van der Waals surface area contributed by atoms with Crippen LogP contribution in [0.3, 0.4) is 0 Å². The molecule has 3 heterocycles. The van der Waals surface area contributed by atoms with Gasteiger partial charge in [-0.2, -0.15) is 0 Å². The molecule has 152 valence electrons. The number of hydrogen-bond donors (Lipinski definition) is 3. The predicted molar refractivity (Wildman–Crippen MR) is 103 cm³/mol. The number of carbonyl (C=O) groups is 2. The Hall–Kier alpha value is -3.07. The van der Waals surface area contributed by atoms with Gasteiger partial charge in [0.1, 0.15) is 5.82 Å². The number of aliphatic hydroxyl groups is 1. The van der Waals surface area contributed by atoms with Crippen LogP contribution in [0.2, 0.25) is 0 Å². The quantitative estimate of drug-likeness (QED) is 0.692. The summed E-state index contributed by atoms with van der Waals surface area (Å²) in [4.78, 5) is 34.7. The lowest BCUT2D eigenvalue weighted by molar-refractivity contribution is -0.140. The number of aromatic nitrogens is 2. The van der Waals surface area contributed by atoms with Crippen molar-refractivity contribution in [2.45, 2.75) is 25.4 Å². The van der Waals surface area contributed by atoms with Crippen LogP contribution in [-0.2, 0) is 4.79 Å². The fourth-order valence-corrected chi connectivity index (χ4v) is 4.13. The average molecular weight is 399 g/mol. The zero-order valence-electron chi connectivity index (χ0n) is 15.8. The second kappa shape index (κ2) is 7.40. The minimum atomic E-state index is -0.636. The highest BCUT2D eigenvalue weighted by Gasteiger charge is 2.45. The molecule has 2 aliphatic heterocycles. The zero-order valence-corrected chi connectivity index (χ0v) is 15.8. The van der Waals surface area contributed by atoms with E-state index in [0.29, 0.717) is 43.5 Å². The van der Waals surface area contributed by atoms with Gasteiger partial charge in [-0.05, 0) is 43.0 Å². The summed E-state index contributed by atoms with van der Waals surface area (Å²) in [7, 11) is 0. The van der Waals surface area contributed by atoms with E-state index in [0.717, 1.165) is 0 Å². The zero-order chi connectivity index (χ0) is 20.6. The number of nitrogens with one attached hydrogen (secondary N) is 1. The number of aliphatic hydroxyl groups excluding tert-OH is 1. The van der Waals surface area contributed by atoms with Crippen molar-refractivity contribution in [2.75, 3.05) is 25.4 Å². The van der Waals surface area contributed by atoms with E-state index in [2.05, 4.69) is 15.3 Å². The molecule has 29 heavy (non-hydrogen) atoms. The molecule has 0 bridgehead atoms. The standard InChI is InChI=1S/C20H22FN5O3/c21-15-6-12(14-9-24-19(22)25-10-14)5-13(7-15)17(28)26-3-1-20(2-4-26)8-16(27)11-23-18(20)29/h5-7,9-10,16,27H,1-4,8,11H2,(H,23,29)(H2,22,24,25). The summed E-state index contributed by atoms with van der Waals surface area (Å²) < 4.78 is 14.2. The van der Waals surface area contributed by atoms with E-state index in [1.165, 1.54) is 24.5 Å². The lowest BCUT2D eigenvalue weighted by Crippen LogP contribution is -2.56. The number of anilines is 1. The fourth-order valence-electron chi connectivity index (χ4n) is 4.13. The lowest BCUT2D eigenvalue weighted by Gasteiger charge is -2.44. The summed E-state index contributed by atoms with van der Waals surface area (Å²) in [5, 5.41) is 12.7. The molecule has 2 aromatic rings. The van der Waals surface area contributed by atoms with Crippen LogP contribution in [-0.4, -0.2) is 57.5 Å². The summed E-state index contributed by atoms with van der Waals surface area (Å²) >= 11 is 0. The van der Waals surface area contributed by atoms with Crippen molar-refractivity contribution in [3.63, 3.8) is 0 Å². The van der Waals surface area contributed by atoms with Crippen molar-refractivity contribution in [1.82, 2.24) is 20.2 Å². The number of amides is 2. The van der Waals surface area contributed by atoms with E-state index < -0.39 is 17.3 Å². The monoisotopic (exact) mass is 399 g/mol. The van der Waals surface area contributed by atoms with Gasteiger partial charge in [0, 0.05) is 43.2 Å². The highest BCUT2D eigenvalue weighted by molar-refractivity contribution is 5.96. The molecular weight excluding hydrogens is 377 g/mol. The fraction of sp³-hybridized carbons (Fsp3) is 0.400. The SMILES string of the molecule is Nc1ncc(-c2cc(F)cc(C(=O)N3CCC4(CC3)CC(O)CNC4=O)c2)cn1. The molecule has 0 aliphatic carbocycles. The number of nitrogens with zero attached hydrogens (tertiary/aromatic N) is 3. The second-order valence-electron chi connectivity index (χ2n) is 7.70. The summed E-state index contributed by atoms with van der Waals surface area (Å²) in [6.45, 7) is 1.01. The third kappa shape index (κ3) is 3.77. The summed E-state index contributed by atoms with van der Waals surface area (Å²) in [6, 6.07) is 4.11. The van der Waals surface area contributed by atoms with Gasteiger partial charge in [-0.3, -0.25) is 9.59 Å². The van der Waals surface area contributed by atoms with Crippen LogP contribution < -0.4 is 11.1 Å². The number of β-amino-alcohol motifs (C(OH)–C–C–N with tert-alkyl or cyclic N) is 1. The molecular formula is C20H22FN5O3. The third-order valence-corrected chi connectivity index (χ3v) is 5.76. The second-order valence-corrected chi connectivity index (χ2v) is 7.70. The molecule has 4 N–H and O–H groups in total. The molecule has 9 heteroatoms. The summed E-state index contributed by atoms with van der Waals surface area (Å²) in [5.41, 5.74) is 6.11. The maximum absolute atomic E-state index is 14.2. The normalized spacial score (nSPS) is 21.1. The van der Waals surface area contributed by atoms with Crippen molar-refractivity contribution >= 4 is 17.8 Å². The van der Waals surface area contributed by atoms with Crippen molar-refractivity contribution < 1.29 is 19.1 Å². The van der Waals surface area contributed by atoms with E-state index in [1.807, 2.05) is 0 Å². The molecule has 1 aromatic carbocycles. The van der Waals surface area contributed by atoms with Gasteiger partial charge in [-0.15, -0.1) is 0 Å². The number of piperidine rings is 2. The Kier molecular flexibility index (Phi) is 4.91. The van der Waals surface area contributed by atoms with E-state index >= 15 is 0 Å². The molecule has 0 radical (unpaired) electrons. The lowest BCUT2D eigenvalue weighted by atomic mass is 9.71. The number of benzene rings is 1. The first-order chi connectivity index (χ1) is 13.9. The highest BCUT2D eigenvalue weighted by atomic mass is 19.1. The average Bonchev–Trinajstić information content (AvgIpc) is 2.71. The molecule has 1 unspecified atom stereocenters. The van der Waals surface area contributed by atoms with Crippen LogP contribution in [0.5, 0.6) is 0 Å². The van der Waals surface area contributed by atoms with Crippen molar-refractivity contribution in [3.8, 4) is 11.1 Å². The van der Waals surface area contributed by atoms with Crippen LogP contribution >= 0.6 is 0 Å². The molecule has 2 fully saturated rings. The molecule has 2 amide bonds. The predicted octanol–water partition coefficient (Wildman–Crippen LogP) is 0.968. The molecule has 0 saturated carbocycles. The summed E-state index contributed by atoms with van der Waals surface area (Å²) in [6.07, 6.45) is 3.72. The Morgan fingerprint density at radius 3 is 2.59 bits per heavy atom. The molecule has 1 spiro atoms. The van der Waals surface area contributed by atoms with Crippen molar-refractivity contribution in [2.24, 2.45) is 5.41 Å². The largest absolute Gasteiger partial charge is 0.391 e. The van der Waals surface area contributed by atoms with Gasteiger partial charge in [0.25, 0.3) is 5.91 Å². The van der Waals surface area contributed by atoms with Gasteiger partial charge in [-0.25, -0.2) is 14.4 Å². The Labute approximate surface area is 166 Å². The van der Waals surface area contributed by atoms with E-state index in [9.17, 15) is 19.1 Å². The Morgan fingerprint density at radius 2 is 1.90 bits per heavy atom. The maximum atomic E-state index is 14.2. The number of nitrogen functional groups attached to an aromatic ring is 1. The van der Waals surface area contributed by atoms with Gasteiger partial charge < -0.3 is 21.1 Å². The first-order valence-electron chi connectivity index (χ1n) is 9.50. The molecule has 1 atom stereocenters. The topological polar surface area (TPSA) is 121 Å². The Morgan fingerprint density at radius 1 is 1.21 bits per heavy atom. The van der Waals surface area contributed by atoms with Crippen molar-refractivity contribution in [3.05, 3.63) is 42.0 Å². The highest BCUT2D eigenvalue weighted by Crippen LogP contribution is 2.38. The maximum Gasteiger partial charge on any atom is 0.253 e. The summed E-state index contributed by atoms with van der Waals surface area (Å²) in [5.74, 6) is -0.786. The first kappa shape index (κ1) is 19.3. The van der Waals surface area contributed by atoms with E-state index in [-0.39, 0.29) is 29.9 Å². The van der Waals surface area contributed by atoms with Crippen LogP contribution in [0.4, 0.5) is 10.3 Å². The van der Waals surface area contributed by atoms with Gasteiger partial charge in [0.15, 0.2) is 0 Å². The molecule has 1 aromatic heterocycles. The minimum Gasteiger partial charge on any atom is -0.391 e. The number of halogens is 1. The van der Waals surface area contributed by atoms with Gasteiger partial charge in [-0.1, -0.05) is 0 Å². The van der Waals surface area contributed by atoms with Crippen LogP contribution in [0.1, 0.15) is 29.6 Å². The van der Waals surface area contributed by atoms with Crippen LogP contribution in [0.25, 0.3) is 11.1 Å². The van der Waals surface area contributed by atoms with Crippen molar-refractivity contribution in [1.29, 1.82) is 0 Å². The number of likely N-dealkylation sites (tertiary alicyclic amines) is 1. The smallest absolute Gasteiger partial charge is 0.253 e.